The van der Waals surface area contributed by atoms with Crippen LogP contribution in [0.4, 0.5) is 4.79 Å². The summed E-state index contributed by atoms with van der Waals surface area (Å²) in [5.41, 5.74) is 8.79. The molecule has 2 aromatic carbocycles. The van der Waals surface area contributed by atoms with E-state index in [1.807, 2.05) is 38.1 Å². The minimum Gasteiger partial charge on any atom is -0.336 e. The summed E-state index contributed by atoms with van der Waals surface area (Å²) < 4.78 is 2.15. The predicted octanol–water partition coefficient (Wildman–Crippen LogP) is 5.33. The van der Waals surface area contributed by atoms with Gasteiger partial charge in [0.05, 0.1) is 4.91 Å². The standard InChI is InChI=1S/C29H29N3O3S/c1-18-9-10-25(13-19(18)2)32-20(3)14-24(21(32)4)15-26-28(34)31(29(35)36-26)17-27(33)30-12-11-22-7-5-6-8-23(22)16-30/h5-10,13-15H,11-12,16-17H2,1-4H3/b26-15-. The molecule has 2 aliphatic rings. The van der Waals surface area contributed by atoms with Crippen LogP contribution in [-0.4, -0.2) is 44.5 Å². The SMILES string of the molecule is Cc1ccc(-n2c(C)cc(/C=C3\SC(=O)N(CC(=O)N4CCc5ccccc5C4)C3=O)c2C)cc1C. The number of benzene rings is 2. The van der Waals surface area contributed by atoms with Gasteiger partial charge < -0.3 is 9.47 Å². The van der Waals surface area contributed by atoms with E-state index in [0.29, 0.717) is 18.0 Å². The number of imide groups is 1. The second-order valence-corrected chi connectivity index (χ2v) is 10.5. The highest BCUT2D eigenvalue weighted by atomic mass is 32.2. The lowest BCUT2D eigenvalue weighted by Crippen LogP contribution is -2.44. The Labute approximate surface area is 215 Å². The van der Waals surface area contributed by atoms with Crippen molar-refractivity contribution < 1.29 is 14.4 Å². The number of hydrogen-bond donors (Lipinski definition) is 0. The fourth-order valence-electron chi connectivity index (χ4n) is 4.92. The summed E-state index contributed by atoms with van der Waals surface area (Å²) in [7, 11) is 0. The van der Waals surface area contributed by atoms with E-state index < -0.39 is 11.1 Å². The maximum Gasteiger partial charge on any atom is 0.294 e. The molecule has 3 heterocycles. The van der Waals surface area contributed by atoms with Gasteiger partial charge in [0, 0.05) is 30.2 Å². The van der Waals surface area contributed by atoms with Crippen LogP contribution in [0.2, 0.25) is 0 Å². The molecule has 0 N–H and O–H groups in total. The lowest BCUT2D eigenvalue weighted by Gasteiger charge is -2.29. The van der Waals surface area contributed by atoms with Crippen LogP contribution in [0.3, 0.4) is 0 Å². The van der Waals surface area contributed by atoms with Gasteiger partial charge in [-0.1, -0.05) is 30.3 Å². The number of hydrogen-bond acceptors (Lipinski definition) is 4. The number of thioether (sulfide) groups is 1. The molecule has 5 rings (SSSR count). The molecular formula is C29H29N3O3S. The Hall–Kier alpha value is -3.58. The molecule has 7 heteroatoms. The molecule has 0 spiro atoms. The zero-order chi connectivity index (χ0) is 25.6. The van der Waals surface area contributed by atoms with Crippen LogP contribution in [-0.2, 0) is 22.6 Å². The first-order chi connectivity index (χ1) is 17.2. The monoisotopic (exact) mass is 499 g/mol. The van der Waals surface area contributed by atoms with Crippen LogP contribution in [0, 0.1) is 27.7 Å². The van der Waals surface area contributed by atoms with E-state index in [9.17, 15) is 14.4 Å². The van der Waals surface area contributed by atoms with Gasteiger partial charge in [-0.3, -0.25) is 19.3 Å². The summed E-state index contributed by atoms with van der Waals surface area (Å²) in [5.74, 6) is -0.618. The number of aryl methyl sites for hydroxylation is 3. The van der Waals surface area contributed by atoms with Gasteiger partial charge in [-0.05, 0) is 98.0 Å². The highest BCUT2D eigenvalue weighted by Gasteiger charge is 2.37. The van der Waals surface area contributed by atoms with Gasteiger partial charge >= 0.3 is 0 Å². The minimum atomic E-state index is -0.410. The van der Waals surface area contributed by atoms with Crippen molar-refractivity contribution in [1.29, 1.82) is 0 Å². The number of amides is 3. The van der Waals surface area contributed by atoms with Crippen molar-refractivity contribution in [3.8, 4) is 5.69 Å². The number of carbonyl (C=O) groups excluding carboxylic acids is 3. The first-order valence-electron chi connectivity index (χ1n) is 12.1. The summed E-state index contributed by atoms with van der Waals surface area (Å²) >= 11 is 0.896. The molecule has 0 radical (unpaired) electrons. The molecule has 2 aliphatic heterocycles. The average molecular weight is 500 g/mol. The number of nitrogens with zero attached hydrogens (tertiary/aromatic N) is 3. The molecule has 6 nitrogen and oxygen atoms in total. The molecular weight excluding hydrogens is 470 g/mol. The Bertz CT molecular complexity index is 1440. The molecule has 184 valence electrons. The first-order valence-corrected chi connectivity index (χ1v) is 12.9. The Morgan fingerprint density at radius 1 is 0.972 bits per heavy atom. The molecule has 0 saturated carbocycles. The molecule has 1 fully saturated rings. The van der Waals surface area contributed by atoms with Gasteiger partial charge in [-0.2, -0.15) is 0 Å². The van der Waals surface area contributed by atoms with Gasteiger partial charge in [-0.25, -0.2) is 0 Å². The lowest BCUT2D eigenvalue weighted by atomic mass is 10.00. The number of rotatable bonds is 4. The van der Waals surface area contributed by atoms with Crippen LogP contribution in [0.1, 0.15) is 39.2 Å². The lowest BCUT2D eigenvalue weighted by molar-refractivity contribution is -0.136. The first kappa shape index (κ1) is 24.1. The van der Waals surface area contributed by atoms with Crippen molar-refractivity contribution in [3.05, 3.63) is 92.6 Å². The van der Waals surface area contributed by atoms with Crippen molar-refractivity contribution >= 4 is 34.9 Å². The highest BCUT2D eigenvalue weighted by molar-refractivity contribution is 8.18. The quantitative estimate of drug-likeness (QED) is 0.455. The van der Waals surface area contributed by atoms with Crippen LogP contribution in [0.15, 0.2) is 53.4 Å². The van der Waals surface area contributed by atoms with Gasteiger partial charge in [0.1, 0.15) is 6.54 Å². The molecule has 3 aromatic rings. The maximum atomic E-state index is 13.1. The van der Waals surface area contributed by atoms with E-state index in [-0.39, 0.29) is 12.5 Å². The van der Waals surface area contributed by atoms with Crippen molar-refractivity contribution in [2.24, 2.45) is 0 Å². The molecule has 3 amide bonds. The Balaban J connectivity index is 1.34. The third-order valence-corrected chi connectivity index (χ3v) is 8.06. The van der Waals surface area contributed by atoms with E-state index in [1.165, 1.54) is 16.7 Å². The summed E-state index contributed by atoms with van der Waals surface area (Å²) in [6, 6.07) is 16.4. The molecule has 0 atom stereocenters. The summed E-state index contributed by atoms with van der Waals surface area (Å²) in [6.45, 7) is 9.08. The second kappa shape index (κ2) is 9.47. The summed E-state index contributed by atoms with van der Waals surface area (Å²) in [5, 5.41) is -0.403. The number of aromatic nitrogens is 1. The van der Waals surface area contributed by atoms with E-state index in [2.05, 4.69) is 42.7 Å². The normalized spacial score (nSPS) is 16.7. The largest absolute Gasteiger partial charge is 0.336 e. The Kier molecular flexibility index (Phi) is 6.35. The van der Waals surface area contributed by atoms with E-state index in [0.717, 1.165) is 51.3 Å². The number of fused-ring (bicyclic) bond motifs is 1. The van der Waals surface area contributed by atoms with E-state index in [4.69, 9.17) is 0 Å². The predicted molar refractivity (Wildman–Crippen MR) is 143 cm³/mol. The molecule has 36 heavy (non-hydrogen) atoms. The van der Waals surface area contributed by atoms with Gasteiger partial charge in [0.2, 0.25) is 5.91 Å². The van der Waals surface area contributed by atoms with Gasteiger partial charge in [0.15, 0.2) is 0 Å². The highest BCUT2D eigenvalue weighted by Crippen LogP contribution is 2.34. The van der Waals surface area contributed by atoms with E-state index in [1.54, 1.807) is 11.0 Å². The molecule has 0 bridgehead atoms. The van der Waals surface area contributed by atoms with Crippen LogP contribution in [0.5, 0.6) is 0 Å². The van der Waals surface area contributed by atoms with Crippen LogP contribution in [0.25, 0.3) is 11.8 Å². The third-order valence-electron chi connectivity index (χ3n) is 7.16. The topological polar surface area (TPSA) is 62.6 Å². The zero-order valence-corrected chi connectivity index (χ0v) is 21.8. The van der Waals surface area contributed by atoms with Crippen molar-refractivity contribution in [2.45, 2.75) is 40.7 Å². The molecule has 0 unspecified atom stereocenters. The summed E-state index contributed by atoms with van der Waals surface area (Å²) in [4.78, 5) is 42.0. The van der Waals surface area contributed by atoms with Crippen molar-refractivity contribution in [2.75, 3.05) is 13.1 Å². The van der Waals surface area contributed by atoms with Crippen LogP contribution >= 0.6 is 11.8 Å². The Morgan fingerprint density at radius 3 is 2.47 bits per heavy atom. The average Bonchev–Trinajstić information content (AvgIpc) is 3.29. The van der Waals surface area contributed by atoms with E-state index >= 15 is 0 Å². The van der Waals surface area contributed by atoms with Gasteiger partial charge in [0.25, 0.3) is 11.1 Å². The third kappa shape index (κ3) is 4.39. The second-order valence-electron chi connectivity index (χ2n) is 9.53. The van der Waals surface area contributed by atoms with Crippen molar-refractivity contribution in [3.63, 3.8) is 0 Å². The fraction of sp³-hybridized carbons (Fsp3) is 0.276. The van der Waals surface area contributed by atoms with Crippen molar-refractivity contribution in [1.82, 2.24) is 14.4 Å². The summed E-state index contributed by atoms with van der Waals surface area (Å²) in [6.07, 6.45) is 2.55. The molecule has 0 aliphatic carbocycles. The Morgan fingerprint density at radius 2 is 1.72 bits per heavy atom. The number of carbonyl (C=O) groups is 3. The molecule has 1 aromatic heterocycles. The minimum absolute atomic E-state index is 0.207. The zero-order valence-electron chi connectivity index (χ0n) is 21.0. The van der Waals surface area contributed by atoms with Gasteiger partial charge in [-0.15, -0.1) is 0 Å². The smallest absolute Gasteiger partial charge is 0.294 e. The van der Waals surface area contributed by atoms with Crippen LogP contribution < -0.4 is 0 Å². The maximum absolute atomic E-state index is 13.1. The molecule has 1 saturated heterocycles. The fourth-order valence-corrected chi connectivity index (χ4v) is 5.75.